The molecule has 0 spiro atoms. The van der Waals surface area contributed by atoms with Gasteiger partial charge in [0.15, 0.2) is 23.0 Å². The van der Waals surface area contributed by atoms with Crippen molar-refractivity contribution >= 4 is 22.9 Å². The molecule has 0 fully saturated rings. The lowest BCUT2D eigenvalue weighted by Crippen LogP contribution is -2.36. The van der Waals surface area contributed by atoms with Crippen molar-refractivity contribution in [2.45, 2.75) is 60.5 Å². The second-order valence-corrected chi connectivity index (χ2v) is 8.67. The van der Waals surface area contributed by atoms with E-state index in [1.165, 1.54) is 17.2 Å². The molecule has 4 aromatic rings. The summed E-state index contributed by atoms with van der Waals surface area (Å²) >= 11 is 0. The Bertz CT molecular complexity index is 1490. The minimum absolute atomic E-state index is 0.00611. The maximum Gasteiger partial charge on any atom is 0.415 e. The van der Waals surface area contributed by atoms with E-state index < -0.39 is 6.09 Å². The number of amides is 1. The molecular formula is C29H37FN8O3. The van der Waals surface area contributed by atoms with E-state index in [1.54, 1.807) is 62.1 Å². The van der Waals surface area contributed by atoms with E-state index in [-0.39, 0.29) is 35.8 Å². The van der Waals surface area contributed by atoms with Gasteiger partial charge in [-0.3, -0.25) is 0 Å². The number of nitrogen functional groups attached to an aromatic ring is 1. The molecule has 0 aliphatic heterocycles. The monoisotopic (exact) mass is 564 g/mol. The van der Waals surface area contributed by atoms with Crippen molar-refractivity contribution in [2.24, 2.45) is 5.18 Å². The van der Waals surface area contributed by atoms with Crippen LogP contribution in [0, 0.1) is 10.7 Å². The number of allylic oxidation sites excluding steroid dienone is 2. The SMILES string of the molecule is C/C=C(\C)N=O.CC.CCC(C)N(C)C(=O)Oc1cnc(-c2nn(Cc3ccccc3F)c3ncccc23)nc1N. The number of fused-ring (bicyclic) bond motifs is 1. The third-order valence-corrected chi connectivity index (χ3v) is 6.08. The average molecular weight is 565 g/mol. The molecule has 11 nitrogen and oxygen atoms in total. The first kappa shape index (κ1) is 32.5. The lowest BCUT2D eigenvalue weighted by atomic mass is 10.2. The van der Waals surface area contributed by atoms with Gasteiger partial charge in [-0.1, -0.05) is 45.0 Å². The van der Waals surface area contributed by atoms with Crippen LogP contribution in [0.4, 0.5) is 15.0 Å². The second-order valence-electron chi connectivity index (χ2n) is 8.67. The summed E-state index contributed by atoms with van der Waals surface area (Å²) < 4.78 is 21.1. The van der Waals surface area contributed by atoms with Crippen molar-refractivity contribution in [1.82, 2.24) is 29.6 Å². The van der Waals surface area contributed by atoms with Crippen LogP contribution in [0.2, 0.25) is 0 Å². The normalized spacial score (nSPS) is 11.5. The summed E-state index contributed by atoms with van der Waals surface area (Å²) in [6, 6.07) is 10.1. The van der Waals surface area contributed by atoms with E-state index in [0.29, 0.717) is 28.0 Å². The van der Waals surface area contributed by atoms with Crippen molar-refractivity contribution in [3.63, 3.8) is 0 Å². The van der Waals surface area contributed by atoms with E-state index in [4.69, 9.17) is 10.5 Å². The van der Waals surface area contributed by atoms with Crippen LogP contribution < -0.4 is 10.5 Å². The summed E-state index contributed by atoms with van der Waals surface area (Å²) in [6.07, 6.45) is 4.88. The molecule has 218 valence electrons. The molecule has 0 aliphatic rings. The van der Waals surface area contributed by atoms with Gasteiger partial charge in [-0.2, -0.15) is 5.10 Å². The lowest BCUT2D eigenvalue weighted by Gasteiger charge is -2.22. The van der Waals surface area contributed by atoms with Crippen molar-refractivity contribution in [2.75, 3.05) is 12.8 Å². The number of nitrogens with two attached hydrogens (primary N) is 1. The van der Waals surface area contributed by atoms with Crippen LogP contribution in [-0.4, -0.2) is 48.8 Å². The number of aromatic nitrogens is 5. The summed E-state index contributed by atoms with van der Waals surface area (Å²) in [5, 5.41) is 7.89. The first-order valence-corrected chi connectivity index (χ1v) is 13.3. The van der Waals surface area contributed by atoms with Crippen LogP contribution in [0.15, 0.2) is 65.7 Å². The highest BCUT2D eigenvalue weighted by atomic mass is 19.1. The predicted molar refractivity (Wildman–Crippen MR) is 159 cm³/mol. The molecule has 0 aliphatic carbocycles. The number of nitroso groups, excluding NO2 is 1. The van der Waals surface area contributed by atoms with E-state index in [0.717, 1.165) is 6.42 Å². The van der Waals surface area contributed by atoms with Gasteiger partial charge in [-0.25, -0.2) is 28.8 Å². The van der Waals surface area contributed by atoms with Gasteiger partial charge in [0.1, 0.15) is 11.5 Å². The minimum atomic E-state index is -0.545. The van der Waals surface area contributed by atoms with Crippen molar-refractivity contribution in [3.05, 3.63) is 76.9 Å². The molecule has 1 amide bonds. The average Bonchev–Trinajstić information content (AvgIpc) is 3.37. The number of rotatable bonds is 7. The van der Waals surface area contributed by atoms with Crippen LogP contribution >= 0.6 is 0 Å². The Morgan fingerprint density at radius 3 is 2.51 bits per heavy atom. The molecule has 41 heavy (non-hydrogen) atoms. The zero-order valence-electron chi connectivity index (χ0n) is 24.5. The Morgan fingerprint density at radius 1 is 1.22 bits per heavy atom. The van der Waals surface area contributed by atoms with Gasteiger partial charge in [0.2, 0.25) is 0 Å². The van der Waals surface area contributed by atoms with E-state index in [2.05, 4.69) is 25.2 Å². The first-order chi connectivity index (χ1) is 19.7. The van der Waals surface area contributed by atoms with Crippen LogP contribution in [0.25, 0.3) is 22.6 Å². The maximum atomic E-state index is 14.2. The number of carbonyl (C=O) groups excluding carboxylic acids is 1. The molecule has 12 heteroatoms. The molecule has 2 N–H and O–H groups in total. The number of hydrogen-bond donors (Lipinski definition) is 1. The molecule has 0 bridgehead atoms. The van der Waals surface area contributed by atoms with Gasteiger partial charge >= 0.3 is 6.09 Å². The molecule has 4 rings (SSSR count). The topological polar surface area (TPSA) is 141 Å². The van der Waals surface area contributed by atoms with E-state index in [9.17, 15) is 14.1 Å². The summed E-state index contributed by atoms with van der Waals surface area (Å²) in [7, 11) is 1.66. The second kappa shape index (κ2) is 15.8. The summed E-state index contributed by atoms with van der Waals surface area (Å²) in [5.74, 6) is -0.0146. The Morgan fingerprint density at radius 2 is 1.93 bits per heavy atom. The molecule has 1 aromatic carbocycles. The molecule has 0 radical (unpaired) electrons. The van der Waals surface area contributed by atoms with E-state index in [1.807, 2.05) is 33.8 Å². The smallest absolute Gasteiger partial charge is 0.405 e. The highest BCUT2D eigenvalue weighted by Crippen LogP contribution is 2.28. The number of pyridine rings is 1. The fourth-order valence-electron chi connectivity index (χ4n) is 3.32. The van der Waals surface area contributed by atoms with E-state index >= 15 is 0 Å². The maximum absolute atomic E-state index is 14.2. The molecule has 3 aromatic heterocycles. The van der Waals surface area contributed by atoms with Crippen LogP contribution in [0.1, 0.15) is 53.5 Å². The quantitative estimate of drug-likeness (QED) is 0.248. The minimum Gasteiger partial charge on any atom is -0.405 e. The molecule has 1 atom stereocenters. The lowest BCUT2D eigenvalue weighted by molar-refractivity contribution is 0.147. The highest BCUT2D eigenvalue weighted by molar-refractivity contribution is 5.89. The van der Waals surface area contributed by atoms with Gasteiger partial charge in [-0.15, -0.1) is 4.91 Å². The number of halogens is 1. The molecule has 0 saturated heterocycles. The number of anilines is 1. The van der Waals surface area contributed by atoms with Crippen molar-refractivity contribution in [1.29, 1.82) is 0 Å². The molecule has 0 saturated carbocycles. The first-order valence-electron chi connectivity index (χ1n) is 13.3. The van der Waals surface area contributed by atoms with Crippen molar-refractivity contribution < 1.29 is 13.9 Å². The number of nitrogens with zero attached hydrogens (tertiary/aromatic N) is 7. The summed E-state index contributed by atoms with van der Waals surface area (Å²) in [4.78, 5) is 36.2. The van der Waals surface area contributed by atoms with Gasteiger partial charge in [0.05, 0.1) is 23.8 Å². The van der Waals surface area contributed by atoms with Gasteiger partial charge < -0.3 is 15.4 Å². The third-order valence-electron chi connectivity index (χ3n) is 6.08. The number of hydrogen-bond acceptors (Lipinski definition) is 9. The van der Waals surface area contributed by atoms with Crippen LogP contribution in [0.3, 0.4) is 0 Å². The number of carbonyl (C=O) groups is 1. The number of ether oxygens (including phenoxy) is 1. The number of benzene rings is 1. The Hall–Kier alpha value is -4.74. The standard InChI is InChI=1S/C23H24FN7O2.C4H7NO.C2H6/c1-4-14(2)30(3)23(32)33-18-12-27-21(28-20(18)25)19-16-9-7-11-26-22(16)31(29-19)13-15-8-5-6-10-17(15)24;1-3-4(2)5-6;1-2/h5-12,14H,4,13H2,1-3H3,(H2,25,27,28);3H,1-2H3;1-2H3/b;4-3+;. The van der Waals surface area contributed by atoms with Crippen LogP contribution in [-0.2, 0) is 6.54 Å². The Kier molecular flexibility index (Phi) is 12.5. The zero-order chi connectivity index (χ0) is 30.5. The molecule has 3 heterocycles. The zero-order valence-corrected chi connectivity index (χ0v) is 24.5. The largest absolute Gasteiger partial charge is 0.415 e. The Balaban J connectivity index is 0.000000654. The molecular weight excluding hydrogens is 527 g/mol. The molecule has 1 unspecified atom stereocenters. The third kappa shape index (κ3) is 8.37. The Labute approximate surface area is 239 Å². The predicted octanol–water partition coefficient (Wildman–Crippen LogP) is 6.59. The summed E-state index contributed by atoms with van der Waals surface area (Å²) in [6.45, 7) is 11.5. The van der Waals surface area contributed by atoms with Crippen LogP contribution in [0.5, 0.6) is 5.75 Å². The van der Waals surface area contributed by atoms with Crippen molar-refractivity contribution in [3.8, 4) is 17.3 Å². The van der Waals surface area contributed by atoms with Gasteiger partial charge in [0.25, 0.3) is 0 Å². The fourth-order valence-corrected chi connectivity index (χ4v) is 3.32. The highest BCUT2D eigenvalue weighted by Gasteiger charge is 2.21. The van der Waals surface area contributed by atoms with Gasteiger partial charge in [-0.05, 0) is 50.6 Å². The van der Waals surface area contributed by atoms with Gasteiger partial charge in [0, 0.05) is 24.8 Å². The fraction of sp³-hybridized carbons (Fsp3) is 0.345. The summed E-state index contributed by atoms with van der Waals surface area (Å²) in [5.41, 5.74) is 8.08.